The first-order chi connectivity index (χ1) is 13.9. The molecule has 0 aliphatic heterocycles. The third-order valence-electron chi connectivity index (χ3n) is 5.40. The molecule has 0 unspecified atom stereocenters. The van der Waals surface area contributed by atoms with Crippen LogP contribution in [0.2, 0.25) is 18.1 Å². The number of nitrogens with two attached hydrogens (primary N) is 1. The number of hydrogen-bond acceptors (Lipinski definition) is 6. The maximum atomic E-state index is 9.50. The molecule has 0 radical (unpaired) electrons. The molecule has 158 valence electrons. The Bertz CT molecular complexity index is 1060. The van der Waals surface area contributed by atoms with Gasteiger partial charge in [-0.2, -0.15) is 10.5 Å². The van der Waals surface area contributed by atoms with Crippen molar-refractivity contribution in [3.05, 3.63) is 40.0 Å². The predicted molar refractivity (Wildman–Crippen MR) is 124 cm³/mol. The summed E-state index contributed by atoms with van der Waals surface area (Å²) in [5.41, 5.74) is 7.42. The van der Waals surface area contributed by atoms with Crippen molar-refractivity contribution in [1.29, 1.82) is 10.5 Å². The number of anilines is 1. The topological polar surface area (TPSA) is 108 Å². The standard InChI is InChI=1S/C22H28N4O2SSi/c1-14(28-30(5,6)22(2,3)4)13-27-16-9-7-15(8-10-16)19-17(11-23)20(25)26-21(29)18(19)12-24/h7-10,14H,13H2,1-6H3,(H3,25,26,29)/t14-/m0/s1. The van der Waals surface area contributed by atoms with Crippen LogP contribution >= 0.6 is 12.2 Å². The molecule has 2 rings (SSSR count). The van der Waals surface area contributed by atoms with Crippen LogP contribution in [-0.4, -0.2) is 26.0 Å². The molecule has 30 heavy (non-hydrogen) atoms. The number of aromatic amines is 1. The molecule has 0 aliphatic carbocycles. The quantitative estimate of drug-likeness (QED) is 0.452. The first-order valence-corrected chi connectivity index (χ1v) is 13.0. The van der Waals surface area contributed by atoms with Crippen LogP contribution in [0.25, 0.3) is 11.1 Å². The van der Waals surface area contributed by atoms with Crippen molar-refractivity contribution in [2.75, 3.05) is 12.3 Å². The monoisotopic (exact) mass is 440 g/mol. The van der Waals surface area contributed by atoms with Crippen LogP contribution in [-0.2, 0) is 4.43 Å². The number of nitrogen functional groups attached to an aromatic ring is 1. The van der Waals surface area contributed by atoms with Crippen LogP contribution in [0.1, 0.15) is 38.8 Å². The summed E-state index contributed by atoms with van der Waals surface area (Å²) in [6.45, 7) is 13.5. The molecule has 0 spiro atoms. The molecular weight excluding hydrogens is 412 g/mol. The van der Waals surface area contributed by atoms with E-state index in [1.54, 1.807) is 24.3 Å². The van der Waals surface area contributed by atoms with Gasteiger partial charge in [0.2, 0.25) is 0 Å². The lowest BCUT2D eigenvalue weighted by Gasteiger charge is -2.38. The van der Waals surface area contributed by atoms with Gasteiger partial charge in [0.25, 0.3) is 0 Å². The van der Waals surface area contributed by atoms with E-state index in [1.807, 2.05) is 6.92 Å². The second kappa shape index (κ2) is 9.01. The van der Waals surface area contributed by atoms with Crippen molar-refractivity contribution in [1.82, 2.24) is 4.98 Å². The summed E-state index contributed by atoms with van der Waals surface area (Å²) < 4.78 is 12.4. The fourth-order valence-electron chi connectivity index (χ4n) is 2.78. The van der Waals surface area contributed by atoms with Crippen LogP contribution in [0.3, 0.4) is 0 Å². The number of aromatic nitrogens is 1. The van der Waals surface area contributed by atoms with Crippen molar-refractivity contribution < 1.29 is 9.16 Å². The highest BCUT2D eigenvalue weighted by Gasteiger charge is 2.38. The molecule has 0 aliphatic rings. The van der Waals surface area contributed by atoms with Crippen LogP contribution in [0.4, 0.5) is 5.82 Å². The van der Waals surface area contributed by atoms with Gasteiger partial charge in [-0.1, -0.05) is 45.1 Å². The number of rotatable bonds is 6. The molecular formula is C22H28N4O2SSi. The second-order valence-corrected chi connectivity index (χ2v) is 13.9. The summed E-state index contributed by atoms with van der Waals surface area (Å²) in [4.78, 5) is 2.70. The van der Waals surface area contributed by atoms with Gasteiger partial charge in [0.05, 0.1) is 11.7 Å². The van der Waals surface area contributed by atoms with Gasteiger partial charge in [0.15, 0.2) is 8.32 Å². The van der Waals surface area contributed by atoms with E-state index < -0.39 is 8.32 Å². The van der Waals surface area contributed by atoms with Gasteiger partial charge >= 0.3 is 0 Å². The van der Waals surface area contributed by atoms with Gasteiger partial charge in [-0.3, -0.25) is 0 Å². The van der Waals surface area contributed by atoms with E-state index in [0.29, 0.717) is 23.5 Å². The van der Waals surface area contributed by atoms with Crippen LogP contribution in [0.15, 0.2) is 24.3 Å². The summed E-state index contributed by atoms with van der Waals surface area (Å²) >= 11 is 5.20. The Balaban J connectivity index is 2.21. The minimum Gasteiger partial charge on any atom is -0.491 e. The summed E-state index contributed by atoms with van der Waals surface area (Å²) in [7, 11) is -1.86. The molecule has 1 aromatic carbocycles. The minimum atomic E-state index is -1.86. The molecule has 0 saturated heterocycles. The Labute approximate surface area is 184 Å². The van der Waals surface area contributed by atoms with Gasteiger partial charge in [-0.25, -0.2) is 0 Å². The highest BCUT2D eigenvalue weighted by molar-refractivity contribution is 7.71. The summed E-state index contributed by atoms with van der Waals surface area (Å²) in [5.74, 6) is 0.823. The van der Waals surface area contributed by atoms with E-state index in [9.17, 15) is 10.5 Å². The zero-order valence-corrected chi connectivity index (χ0v) is 20.1. The van der Waals surface area contributed by atoms with Crippen LogP contribution in [0.5, 0.6) is 5.75 Å². The zero-order chi connectivity index (χ0) is 22.7. The van der Waals surface area contributed by atoms with Crippen molar-refractivity contribution in [2.45, 2.75) is 51.9 Å². The average Bonchev–Trinajstić information content (AvgIpc) is 2.65. The number of benzene rings is 1. The summed E-state index contributed by atoms with van der Waals surface area (Å²) in [5, 5.41) is 19.1. The van der Waals surface area contributed by atoms with Crippen molar-refractivity contribution in [3.63, 3.8) is 0 Å². The lowest BCUT2D eigenvalue weighted by Crippen LogP contribution is -2.44. The number of ether oxygens (including phenoxy) is 1. The van der Waals surface area contributed by atoms with Crippen LogP contribution in [0, 0.1) is 27.3 Å². The van der Waals surface area contributed by atoms with Gasteiger partial charge in [0.1, 0.15) is 40.5 Å². The van der Waals surface area contributed by atoms with Gasteiger partial charge < -0.3 is 19.9 Å². The molecule has 8 heteroatoms. The maximum Gasteiger partial charge on any atom is 0.192 e. The lowest BCUT2D eigenvalue weighted by atomic mass is 9.97. The highest BCUT2D eigenvalue weighted by atomic mass is 32.1. The number of nitrogens with one attached hydrogen (secondary N) is 1. The second-order valence-electron chi connectivity index (χ2n) is 8.74. The highest BCUT2D eigenvalue weighted by Crippen LogP contribution is 2.37. The van der Waals surface area contributed by atoms with E-state index in [2.05, 4.69) is 51.0 Å². The number of hydrogen-bond donors (Lipinski definition) is 2. The Morgan fingerprint density at radius 1 is 1.13 bits per heavy atom. The van der Waals surface area contributed by atoms with Gasteiger partial charge in [0, 0.05) is 5.56 Å². The van der Waals surface area contributed by atoms with E-state index in [0.717, 1.165) is 0 Å². The average molecular weight is 441 g/mol. The normalized spacial score (nSPS) is 12.7. The molecule has 1 heterocycles. The lowest BCUT2D eigenvalue weighted by molar-refractivity contribution is 0.129. The van der Waals surface area contributed by atoms with E-state index in [-0.39, 0.29) is 32.7 Å². The molecule has 2 aromatic rings. The van der Waals surface area contributed by atoms with Crippen molar-refractivity contribution in [3.8, 4) is 29.0 Å². The zero-order valence-electron chi connectivity index (χ0n) is 18.3. The molecule has 3 N–H and O–H groups in total. The van der Waals surface area contributed by atoms with E-state index >= 15 is 0 Å². The van der Waals surface area contributed by atoms with E-state index in [4.69, 9.17) is 27.1 Å². The first-order valence-electron chi connectivity index (χ1n) is 9.68. The third-order valence-corrected chi connectivity index (χ3v) is 10.3. The smallest absolute Gasteiger partial charge is 0.192 e. The third kappa shape index (κ3) is 5.09. The largest absolute Gasteiger partial charge is 0.491 e. The first kappa shape index (κ1) is 23.6. The molecule has 1 atom stereocenters. The SMILES string of the molecule is C[C@@H](COc1ccc(-c2c(C#N)c(N)[nH]c(=S)c2C#N)cc1)O[Si](C)(C)C(C)(C)C. The Morgan fingerprint density at radius 3 is 2.20 bits per heavy atom. The fraction of sp³-hybridized carbons (Fsp3) is 0.409. The minimum absolute atomic E-state index is 0.0341. The summed E-state index contributed by atoms with van der Waals surface area (Å²) in [6, 6.07) is 11.3. The Hall–Kier alpha value is -2.65. The number of nitrogens with zero attached hydrogens (tertiary/aromatic N) is 2. The predicted octanol–water partition coefficient (Wildman–Crippen LogP) is 5.53. The molecule has 0 bridgehead atoms. The van der Waals surface area contributed by atoms with Crippen LogP contribution < -0.4 is 10.5 Å². The molecule has 0 amide bonds. The van der Waals surface area contributed by atoms with E-state index in [1.165, 1.54) is 0 Å². The summed E-state index contributed by atoms with van der Waals surface area (Å²) in [6.07, 6.45) is -0.0341. The molecule has 6 nitrogen and oxygen atoms in total. The van der Waals surface area contributed by atoms with Gasteiger partial charge in [-0.05, 0) is 42.8 Å². The number of nitriles is 2. The maximum absolute atomic E-state index is 9.50. The van der Waals surface area contributed by atoms with Gasteiger partial charge in [-0.15, -0.1) is 0 Å². The fourth-order valence-corrected chi connectivity index (χ4v) is 4.46. The Kier molecular flexibility index (Phi) is 7.09. The number of pyridine rings is 1. The molecule has 1 aromatic heterocycles. The number of H-pyrrole nitrogens is 1. The molecule has 0 saturated carbocycles. The molecule has 0 fully saturated rings. The Morgan fingerprint density at radius 2 is 1.70 bits per heavy atom. The van der Waals surface area contributed by atoms with Crippen molar-refractivity contribution >= 4 is 26.4 Å². The van der Waals surface area contributed by atoms with Crippen molar-refractivity contribution in [2.24, 2.45) is 0 Å².